The lowest BCUT2D eigenvalue weighted by atomic mass is 9.98. The summed E-state index contributed by atoms with van der Waals surface area (Å²) in [6, 6.07) is 5.67. The van der Waals surface area contributed by atoms with Crippen molar-refractivity contribution in [2.75, 3.05) is 20.8 Å². The highest BCUT2D eigenvalue weighted by molar-refractivity contribution is 5.95. The van der Waals surface area contributed by atoms with Crippen LogP contribution in [0.15, 0.2) is 24.4 Å². The van der Waals surface area contributed by atoms with Gasteiger partial charge < -0.3 is 19.7 Å². The maximum absolute atomic E-state index is 13.2. The first kappa shape index (κ1) is 21.1. The number of aromatic nitrogens is 3. The quantitative estimate of drug-likeness (QED) is 0.694. The number of benzene rings is 1. The van der Waals surface area contributed by atoms with Crippen LogP contribution in [0.1, 0.15) is 59.4 Å². The minimum Gasteiger partial charge on any atom is -0.493 e. The van der Waals surface area contributed by atoms with Crippen LogP contribution in [0.2, 0.25) is 0 Å². The maximum atomic E-state index is 13.2. The molecule has 2 amide bonds. The van der Waals surface area contributed by atoms with Crippen LogP contribution in [-0.4, -0.2) is 64.6 Å². The smallest absolute Gasteiger partial charge is 0.273 e. The molecule has 2 aromatic rings. The van der Waals surface area contributed by atoms with Gasteiger partial charge in [-0.3, -0.25) is 14.3 Å². The maximum Gasteiger partial charge on any atom is 0.273 e. The Bertz CT molecular complexity index is 940. The third kappa shape index (κ3) is 4.98. The fourth-order valence-electron chi connectivity index (χ4n) is 3.98. The number of hydrogen-bond donors (Lipinski definition) is 1. The van der Waals surface area contributed by atoms with Crippen molar-refractivity contribution in [2.45, 2.75) is 57.2 Å². The zero-order valence-corrected chi connectivity index (χ0v) is 18.0. The van der Waals surface area contributed by atoms with Crippen LogP contribution in [0, 0.1) is 0 Å². The van der Waals surface area contributed by atoms with E-state index in [0.29, 0.717) is 29.3 Å². The normalized spacial score (nSPS) is 18.5. The van der Waals surface area contributed by atoms with E-state index in [4.69, 9.17) is 9.47 Å². The largest absolute Gasteiger partial charge is 0.493 e. The van der Waals surface area contributed by atoms with Gasteiger partial charge in [0.05, 0.1) is 20.4 Å². The highest BCUT2D eigenvalue weighted by atomic mass is 16.5. The molecule has 0 unspecified atom stereocenters. The van der Waals surface area contributed by atoms with E-state index in [1.807, 2.05) is 4.90 Å². The molecular weight excluding hydrogens is 398 g/mol. The molecule has 1 saturated heterocycles. The average molecular weight is 428 g/mol. The molecule has 4 rings (SSSR count). The average Bonchev–Trinajstić information content (AvgIpc) is 3.49. The van der Waals surface area contributed by atoms with Gasteiger partial charge in [0, 0.05) is 30.7 Å². The van der Waals surface area contributed by atoms with E-state index in [1.165, 1.54) is 0 Å². The van der Waals surface area contributed by atoms with Gasteiger partial charge in [-0.1, -0.05) is 5.21 Å². The number of nitrogens with one attached hydrogen (secondary N) is 1. The summed E-state index contributed by atoms with van der Waals surface area (Å²) in [5.41, 5.74) is 0.929. The van der Waals surface area contributed by atoms with Crippen LogP contribution < -0.4 is 14.8 Å². The molecular formula is C22H29N5O4. The van der Waals surface area contributed by atoms with Crippen LogP contribution in [0.25, 0.3) is 0 Å². The summed E-state index contributed by atoms with van der Waals surface area (Å²) in [6.45, 7) is 1.33. The first-order valence-corrected chi connectivity index (χ1v) is 10.8. The highest BCUT2D eigenvalue weighted by Crippen LogP contribution is 2.29. The molecule has 1 aliphatic carbocycles. The van der Waals surface area contributed by atoms with E-state index < -0.39 is 0 Å². The molecule has 1 N–H and O–H groups in total. The van der Waals surface area contributed by atoms with Gasteiger partial charge in [0.25, 0.3) is 11.8 Å². The van der Waals surface area contributed by atoms with Crippen molar-refractivity contribution in [1.29, 1.82) is 0 Å². The number of ether oxygens (including phenoxy) is 2. The Balaban J connectivity index is 1.40. The second kappa shape index (κ2) is 9.36. The first-order chi connectivity index (χ1) is 15.1. The van der Waals surface area contributed by atoms with Gasteiger partial charge in [-0.2, -0.15) is 0 Å². The number of methoxy groups -OCH3 is 2. The van der Waals surface area contributed by atoms with Crippen molar-refractivity contribution < 1.29 is 19.1 Å². The number of likely N-dealkylation sites (tertiary alicyclic amines) is 1. The number of piperidine rings is 1. The molecule has 31 heavy (non-hydrogen) atoms. The van der Waals surface area contributed by atoms with Gasteiger partial charge in [0.1, 0.15) is 0 Å². The number of nitrogens with zero attached hydrogens (tertiary/aromatic N) is 4. The summed E-state index contributed by atoms with van der Waals surface area (Å²) < 4.78 is 12.3. The Morgan fingerprint density at radius 3 is 2.68 bits per heavy atom. The second-order valence-electron chi connectivity index (χ2n) is 8.12. The van der Waals surface area contributed by atoms with Crippen molar-refractivity contribution in [3.05, 3.63) is 35.7 Å². The highest BCUT2D eigenvalue weighted by Gasteiger charge is 2.28. The molecule has 2 aliphatic rings. The second-order valence-corrected chi connectivity index (χ2v) is 8.12. The summed E-state index contributed by atoms with van der Waals surface area (Å²) >= 11 is 0. The van der Waals surface area contributed by atoms with Crippen molar-refractivity contribution in [2.24, 2.45) is 0 Å². The van der Waals surface area contributed by atoms with Gasteiger partial charge in [-0.25, -0.2) is 0 Å². The zero-order chi connectivity index (χ0) is 21.8. The topological polar surface area (TPSA) is 98.6 Å². The Morgan fingerprint density at radius 2 is 1.94 bits per heavy atom. The van der Waals surface area contributed by atoms with Crippen LogP contribution >= 0.6 is 0 Å². The first-order valence-electron chi connectivity index (χ1n) is 10.8. The van der Waals surface area contributed by atoms with Crippen molar-refractivity contribution >= 4 is 11.8 Å². The summed E-state index contributed by atoms with van der Waals surface area (Å²) in [5, 5.41) is 11.0. The molecule has 9 nitrogen and oxygen atoms in total. The lowest BCUT2D eigenvalue weighted by Crippen LogP contribution is -2.44. The van der Waals surface area contributed by atoms with E-state index in [0.717, 1.165) is 45.1 Å². The number of hydrogen-bond acceptors (Lipinski definition) is 6. The Morgan fingerprint density at radius 1 is 1.13 bits per heavy atom. The molecule has 0 radical (unpaired) electrons. The van der Waals surface area contributed by atoms with Crippen LogP contribution in [0.3, 0.4) is 0 Å². The number of amides is 2. The predicted molar refractivity (Wildman–Crippen MR) is 113 cm³/mol. The van der Waals surface area contributed by atoms with Gasteiger partial charge in [0.15, 0.2) is 17.2 Å². The molecule has 9 heteroatoms. The molecule has 1 aromatic heterocycles. The summed E-state index contributed by atoms with van der Waals surface area (Å²) in [7, 11) is 3.14. The molecule has 1 saturated carbocycles. The Kier molecular flexibility index (Phi) is 6.39. The Hall–Kier alpha value is -3.10. The fraction of sp³-hybridized carbons (Fsp3) is 0.545. The molecule has 0 bridgehead atoms. The predicted octanol–water partition coefficient (Wildman–Crippen LogP) is 2.27. The van der Waals surface area contributed by atoms with Crippen LogP contribution in [0.4, 0.5) is 0 Å². The van der Waals surface area contributed by atoms with Crippen LogP contribution in [0.5, 0.6) is 11.5 Å². The summed E-state index contributed by atoms with van der Waals surface area (Å²) in [6.07, 6.45) is 7.53. The summed E-state index contributed by atoms with van der Waals surface area (Å²) in [5.74, 6) is 0.967. The monoisotopic (exact) mass is 427 g/mol. The summed E-state index contributed by atoms with van der Waals surface area (Å²) in [4.78, 5) is 27.3. The van der Waals surface area contributed by atoms with E-state index in [2.05, 4.69) is 15.6 Å². The molecule has 166 valence electrons. The molecule has 0 spiro atoms. The van der Waals surface area contributed by atoms with Crippen LogP contribution in [-0.2, 0) is 6.54 Å². The lowest BCUT2D eigenvalue weighted by Gasteiger charge is -2.36. The van der Waals surface area contributed by atoms with E-state index in [-0.39, 0.29) is 23.9 Å². The lowest BCUT2D eigenvalue weighted by molar-refractivity contribution is 0.0593. The van der Waals surface area contributed by atoms with E-state index in [9.17, 15) is 9.59 Å². The number of aryl methyl sites for hydroxylation is 1. The van der Waals surface area contributed by atoms with E-state index >= 15 is 0 Å². The standard InChI is InChI=1S/C22H29N5O4/c1-30-19-9-6-15(13-20(19)31-2)22(29)27-11-4-3-5-17(27)10-12-26-14-18(24-25-26)21(28)23-16-7-8-16/h6,9,13-14,16-17H,3-5,7-8,10-12H2,1-2H3,(H,23,28)/t17-/m0/s1. The molecule has 2 heterocycles. The molecule has 1 atom stereocenters. The number of carbonyl (C=O) groups is 2. The zero-order valence-electron chi connectivity index (χ0n) is 18.0. The minimum atomic E-state index is -0.170. The Labute approximate surface area is 181 Å². The third-order valence-electron chi connectivity index (χ3n) is 5.89. The number of rotatable bonds is 8. The number of carbonyl (C=O) groups excluding carboxylic acids is 2. The van der Waals surface area contributed by atoms with Crippen molar-refractivity contribution in [3.63, 3.8) is 0 Å². The molecule has 1 aliphatic heterocycles. The van der Waals surface area contributed by atoms with Crippen molar-refractivity contribution in [3.8, 4) is 11.5 Å². The van der Waals surface area contributed by atoms with Gasteiger partial charge in [-0.15, -0.1) is 5.10 Å². The van der Waals surface area contributed by atoms with Crippen molar-refractivity contribution in [1.82, 2.24) is 25.2 Å². The molecule has 2 fully saturated rings. The van der Waals surface area contributed by atoms with E-state index in [1.54, 1.807) is 43.3 Å². The third-order valence-corrected chi connectivity index (χ3v) is 5.89. The molecule has 1 aromatic carbocycles. The van der Waals surface area contributed by atoms with Gasteiger partial charge in [-0.05, 0) is 56.7 Å². The minimum absolute atomic E-state index is 0.00579. The van der Waals surface area contributed by atoms with Gasteiger partial charge >= 0.3 is 0 Å². The SMILES string of the molecule is COc1ccc(C(=O)N2CCCC[C@H]2CCn2cc(C(=O)NC3CC3)nn2)cc1OC. The fourth-order valence-corrected chi connectivity index (χ4v) is 3.98. The van der Waals surface area contributed by atoms with Gasteiger partial charge in [0.2, 0.25) is 0 Å².